The van der Waals surface area contributed by atoms with Crippen molar-refractivity contribution in [2.75, 3.05) is 0 Å². The van der Waals surface area contributed by atoms with Gasteiger partial charge in [0, 0.05) is 16.5 Å². The van der Waals surface area contributed by atoms with E-state index < -0.39 is 0 Å². The van der Waals surface area contributed by atoms with Crippen LogP contribution in [0.1, 0.15) is 0 Å². The third kappa shape index (κ3) is 3.58. The van der Waals surface area contributed by atoms with Gasteiger partial charge in [-0.3, -0.25) is 0 Å². The summed E-state index contributed by atoms with van der Waals surface area (Å²) in [6.07, 6.45) is 0. The van der Waals surface area contributed by atoms with Crippen molar-refractivity contribution in [2.45, 2.75) is 0 Å². The monoisotopic (exact) mass is 545 g/mol. The summed E-state index contributed by atoms with van der Waals surface area (Å²) >= 11 is 0. The van der Waals surface area contributed by atoms with Crippen LogP contribution >= 0.6 is 0 Å². The summed E-state index contributed by atoms with van der Waals surface area (Å²) in [6, 6.07) is 59.7. The molecule has 1 aromatic heterocycles. The normalized spacial score (nSPS) is 11.7. The van der Waals surface area contributed by atoms with E-state index in [0.717, 1.165) is 0 Å². The van der Waals surface area contributed by atoms with Gasteiger partial charge < -0.3 is 4.57 Å². The highest BCUT2D eigenvalue weighted by Gasteiger charge is 2.21. The molecule has 0 aliphatic carbocycles. The van der Waals surface area contributed by atoms with Gasteiger partial charge in [0.2, 0.25) is 0 Å². The number of rotatable bonds is 3. The second kappa shape index (κ2) is 9.44. The molecule has 0 spiro atoms. The highest BCUT2D eigenvalue weighted by atomic mass is 15.0. The number of aromatic nitrogens is 1. The first kappa shape index (κ1) is 24.0. The molecule has 0 aliphatic heterocycles. The molecule has 0 saturated heterocycles. The molecule has 0 bridgehead atoms. The van der Waals surface area contributed by atoms with Gasteiger partial charge in [-0.05, 0) is 84.9 Å². The largest absolute Gasteiger partial charge is 0.309 e. The molecule has 200 valence electrons. The lowest BCUT2D eigenvalue weighted by Gasteiger charge is -2.19. The fraction of sp³-hybridized carbons (Fsp3) is 0. The van der Waals surface area contributed by atoms with Crippen LogP contribution in [0.5, 0.6) is 0 Å². The van der Waals surface area contributed by atoms with E-state index in [9.17, 15) is 0 Å². The quantitative estimate of drug-likeness (QED) is 0.195. The Labute approximate surface area is 249 Å². The Balaban J connectivity index is 1.43. The number of hydrogen-bond donors (Lipinski definition) is 0. The molecule has 8 aromatic carbocycles. The Morgan fingerprint density at radius 1 is 0.349 bits per heavy atom. The maximum Gasteiger partial charge on any atom is 0.0547 e. The zero-order valence-electron chi connectivity index (χ0n) is 23.5. The lowest BCUT2D eigenvalue weighted by Crippen LogP contribution is -1.93. The summed E-state index contributed by atoms with van der Waals surface area (Å²) < 4.78 is 2.40. The molecule has 0 unspecified atom stereocenters. The van der Waals surface area contributed by atoms with Gasteiger partial charge in [-0.25, -0.2) is 0 Å². The van der Waals surface area contributed by atoms with E-state index in [1.165, 1.54) is 82.1 Å². The van der Waals surface area contributed by atoms with Gasteiger partial charge in [0.15, 0.2) is 0 Å². The molecule has 1 nitrogen and oxygen atoms in total. The summed E-state index contributed by atoms with van der Waals surface area (Å²) in [5.74, 6) is 0. The maximum absolute atomic E-state index is 2.40. The minimum Gasteiger partial charge on any atom is -0.309 e. The molecule has 0 amide bonds. The van der Waals surface area contributed by atoms with E-state index in [1.54, 1.807) is 0 Å². The smallest absolute Gasteiger partial charge is 0.0547 e. The molecular formula is C42H27N. The van der Waals surface area contributed by atoms with E-state index in [1.807, 2.05) is 0 Å². The van der Waals surface area contributed by atoms with Crippen molar-refractivity contribution >= 4 is 54.1 Å². The zero-order chi connectivity index (χ0) is 28.3. The summed E-state index contributed by atoms with van der Waals surface area (Å²) in [4.78, 5) is 0. The fourth-order valence-corrected chi connectivity index (χ4v) is 7.16. The minimum absolute atomic E-state index is 1.17. The van der Waals surface area contributed by atoms with E-state index in [2.05, 4.69) is 168 Å². The van der Waals surface area contributed by atoms with E-state index in [-0.39, 0.29) is 0 Å². The van der Waals surface area contributed by atoms with Crippen molar-refractivity contribution in [3.05, 3.63) is 164 Å². The third-order valence-electron chi connectivity index (χ3n) is 8.95. The van der Waals surface area contributed by atoms with Gasteiger partial charge in [0.25, 0.3) is 0 Å². The van der Waals surface area contributed by atoms with Gasteiger partial charge in [0.1, 0.15) is 0 Å². The highest BCUT2D eigenvalue weighted by molar-refractivity contribution is 6.26. The number of para-hydroxylation sites is 2. The van der Waals surface area contributed by atoms with Crippen molar-refractivity contribution < 1.29 is 0 Å². The molecule has 9 aromatic rings. The van der Waals surface area contributed by atoms with Gasteiger partial charge in [-0.15, -0.1) is 0 Å². The van der Waals surface area contributed by atoms with Crippen molar-refractivity contribution in [3.8, 4) is 27.9 Å². The van der Waals surface area contributed by atoms with Crippen LogP contribution in [-0.2, 0) is 0 Å². The first-order valence-electron chi connectivity index (χ1n) is 14.9. The van der Waals surface area contributed by atoms with Crippen LogP contribution in [0, 0.1) is 0 Å². The van der Waals surface area contributed by atoms with Gasteiger partial charge >= 0.3 is 0 Å². The fourth-order valence-electron chi connectivity index (χ4n) is 7.16. The molecule has 9 rings (SSSR count). The molecule has 0 saturated carbocycles. The lowest BCUT2D eigenvalue weighted by molar-refractivity contribution is 1.18. The molecule has 1 heterocycles. The molecule has 1 heteroatoms. The SMILES string of the molecule is c1ccc(-n2c3ccccc3c3c(-c4c5ccccc5c(-c5ccc6ccccc6c5)c5ccccc45)cccc32)cc1. The average molecular weight is 546 g/mol. The molecule has 43 heavy (non-hydrogen) atoms. The second-order valence-corrected chi connectivity index (χ2v) is 11.3. The van der Waals surface area contributed by atoms with Crippen molar-refractivity contribution in [1.29, 1.82) is 0 Å². The summed E-state index contributed by atoms with van der Waals surface area (Å²) in [7, 11) is 0. The van der Waals surface area contributed by atoms with Crippen LogP contribution in [0.2, 0.25) is 0 Å². The predicted molar refractivity (Wildman–Crippen MR) is 184 cm³/mol. The molecule has 0 aliphatic rings. The molecule has 0 N–H and O–H groups in total. The predicted octanol–water partition coefficient (Wildman–Crippen LogP) is 11.6. The Morgan fingerprint density at radius 2 is 0.907 bits per heavy atom. The maximum atomic E-state index is 2.40. The van der Waals surface area contributed by atoms with Crippen LogP contribution in [0.15, 0.2) is 164 Å². The third-order valence-corrected chi connectivity index (χ3v) is 8.95. The number of nitrogens with zero attached hydrogens (tertiary/aromatic N) is 1. The summed E-state index contributed by atoms with van der Waals surface area (Å²) in [6.45, 7) is 0. The summed E-state index contributed by atoms with van der Waals surface area (Å²) in [5, 5.41) is 10.2. The topological polar surface area (TPSA) is 4.93 Å². The number of hydrogen-bond acceptors (Lipinski definition) is 0. The summed E-state index contributed by atoms with van der Waals surface area (Å²) in [5.41, 5.74) is 8.70. The zero-order valence-corrected chi connectivity index (χ0v) is 23.5. The second-order valence-electron chi connectivity index (χ2n) is 11.3. The van der Waals surface area contributed by atoms with E-state index >= 15 is 0 Å². The Bertz CT molecular complexity index is 2440. The van der Waals surface area contributed by atoms with E-state index in [0.29, 0.717) is 0 Å². The average Bonchev–Trinajstić information content (AvgIpc) is 3.42. The van der Waals surface area contributed by atoms with Gasteiger partial charge in [-0.1, -0.05) is 133 Å². The standard InChI is InChI=1S/C42H27N/c1-2-15-31(16-3-1)43-38-23-11-10-21-36(38)42-37(22-12-24-39(42)43)41-34-19-8-6-17-32(34)40(33-18-7-9-20-35(33)41)30-26-25-28-13-4-5-14-29(28)27-30/h1-27H. The van der Waals surface area contributed by atoms with Crippen LogP contribution < -0.4 is 0 Å². The first-order chi connectivity index (χ1) is 21.4. The molecule has 0 fully saturated rings. The van der Waals surface area contributed by atoms with Crippen LogP contribution in [0.3, 0.4) is 0 Å². The first-order valence-corrected chi connectivity index (χ1v) is 14.9. The van der Waals surface area contributed by atoms with Crippen LogP contribution in [0.4, 0.5) is 0 Å². The Kier molecular flexibility index (Phi) is 5.27. The Hall–Kier alpha value is -5.66. The number of benzene rings is 8. The Morgan fingerprint density at radius 3 is 1.63 bits per heavy atom. The molecule has 0 radical (unpaired) electrons. The van der Waals surface area contributed by atoms with Crippen molar-refractivity contribution in [3.63, 3.8) is 0 Å². The minimum atomic E-state index is 1.17. The van der Waals surface area contributed by atoms with Gasteiger partial charge in [-0.2, -0.15) is 0 Å². The van der Waals surface area contributed by atoms with Crippen molar-refractivity contribution in [1.82, 2.24) is 4.57 Å². The lowest BCUT2D eigenvalue weighted by atomic mass is 9.84. The van der Waals surface area contributed by atoms with Crippen molar-refractivity contribution in [2.24, 2.45) is 0 Å². The molecular weight excluding hydrogens is 518 g/mol. The van der Waals surface area contributed by atoms with Crippen LogP contribution in [0.25, 0.3) is 82.1 Å². The van der Waals surface area contributed by atoms with Gasteiger partial charge in [0.05, 0.1) is 11.0 Å². The van der Waals surface area contributed by atoms with E-state index in [4.69, 9.17) is 0 Å². The number of fused-ring (bicyclic) bond motifs is 6. The molecule has 0 atom stereocenters. The highest BCUT2D eigenvalue weighted by Crippen LogP contribution is 2.47. The van der Waals surface area contributed by atoms with Crippen LogP contribution in [-0.4, -0.2) is 4.57 Å².